The first-order valence-electron chi connectivity index (χ1n) is 16.7. The van der Waals surface area contributed by atoms with Gasteiger partial charge in [-0.25, -0.2) is 13.4 Å². The molecule has 7 atom stereocenters. The van der Waals surface area contributed by atoms with Crippen LogP contribution in [0.15, 0.2) is 70.1 Å². The molecule has 3 heterocycles. The Morgan fingerprint density at radius 3 is 2.40 bits per heavy atom. The van der Waals surface area contributed by atoms with Gasteiger partial charge < -0.3 is 23.7 Å². The van der Waals surface area contributed by atoms with Crippen LogP contribution in [0.1, 0.15) is 57.9 Å². The highest BCUT2D eigenvalue weighted by atomic mass is 32.2. The Morgan fingerprint density at radius 1 is 1.00 bits per heavy atom. The Kier molecular flexibility index (Phi) is 10.2. The molecule has 2 saturated heterocycles. The van der Waals surface area contributed by atoms with Gasteiger partial charge in [0.25, 0.3) is 0 Å². The van der Waals surface area contributed by atoms with E-state index in [2.05, 4.69) is 4.98 Å². The van der Waals surface area contributed by atoms with Gasteiger partial charge in [0.2, 0.25) is 10.0 Å². The molecule has 1 saturated carbocycles. The van der Waals surface area contributed by atoms with E-state index in [1.54, 1.807) is 30.5 Å². The summed E-state index contributed by atoms with van der Waals surface area (Å²) >= 11 is 0. The average molecular weight is 667 g/mol. The molecule has 0 radical (unpaired) electrons. The van der Waals surface area contributed by atoms with E-state index in [1.165, 1.54) is 4.31 Å². The summed E-state index contributed by atoms with van der Waals surface area (Å²) < 4.78 is 52.9. The number of hydrogen-bond acceptors (Lipinski definition) is 9. The van der Waals surface area contributed by atoms with Crippen LogP contribution in [-0.2, 0) is 35.4 Å². The number of oxazole rings is 1. The van der Waals surface area contributed by atoms with E-state index in [-0.39, 0.29) is 66.4 Å². The lowest BCUT2D eigenvalue weighted by Gasteiger charge is -2.31. The SMILES string of the molecule is CC(C)CN(C[C@@H](O)[C@@H](CC(=O)OC1C2COC3OCC1C3C2)Cc1ccccc1)S(=O)(=O)c1ccc(-c2cnc(C(C)C)o2)cc1. The summed E-state index contributed by atoms with van der Waals surface area (Å²) in [4.78, 5) is 17.9. The van der Waals surface area contributed by atoms with Crippen molar-refractivity contribution in [2.24, 2.45) is 29.6 Å². The molecule has 11 heteroatoms. The molecule has 2 aromatic carbocycles. The number of aliphatic hydroxyl groups is 1. The largest absolute Gasteiger partial charge is 0.462 e. The smallest absolute Gasteiger partial charge is 0.306 e. The van der Waals surface area contributed by atoms with Crippen molar-refractivity contribution in [1.29, 1.82) is 0 Å². The Balaban J connectivity index is 1.18. The molecule has 6 rings (SSSR count). The Labute approximate surface area is 277 Å². The second-order valence-corrected chi connectivity index (χ2v) is 15.9. The van der Waals surface area contributed by atoms with Crippen LogP contribution in [0.3, 0.4) is 0 Å². The van der Waals surface area contributed by atoms with E-state index >= 15 is 0 Å². The molecule has 2 aliphatic heterocycles. The summed E-state index contributed by atoms with van der Waals surface area (Å²) in [5.41, 5.74) is 1.67. The van der Waals surface area contributed by atoms with E-state index < -0.39 is 28.0 Å². The number of aromatic nitrogens is 1. The highest BCUT2D eigenvalue weighted by molar-refractivity contribution is 7.89. The summed E-state index contributed by atoms with van der Waals surface area (Å²) in [5, 5.41) is 11.7. The molecule has 3 aromatic rings. The number of rotatable bonds is 14. The Bertz CT molecular complexity index is 1610. The molecule has 2 bridgehead atoms. The van der Waals surface area contributed by atoms with Gasteiger partial charge in [0.05, 0.1) is 36.8 Å². The van der Waals surface area contributed by atoms with Gasteiger partial charge in [0.1, 0.15) is 6.10 Å². The van der Waals surface area contributed by atoms with Gasteiger partial charge >= 0.3 is 5.97 Å². The molecule has 0 amide bonds. The van der Waals surface area contributed by atoms with Crippen molar-refractivity contribution in [3.8, 4) is 11.3 Å². The van der Waals surface area contributed by atoms with E-state index in [0.717, 1.165) is 17.5 Å². The second-order valence-electron chi connectivity index (χ2n) is 14.0. The van der Waals surface area contributed by atoms with Crippen LogP contribution in [-0.4, -0.2) is 73.6 Å². The molecule has 1 aromatic heterocycles. The minimum atomic E-state index is -3.98. The molecular formula is C36H46N2O8S. The lowest BCUT2D eigenvalue weighted by Crippen LogP contribution is -2.43. The number of esters is 1. The number of nitrogens with zero attached hydrogens (tertiary/aromatic N) is 2. The number of carbonyl (C=O) groups excluding carboxylic acids is 1. The van der Waals surface area contributed by atoms with Crippen LogP contribution in [0.4, 0.5) is 0 Å². The van der Waals surface area contributed by atoms with Crippen molar-refractivity contribution < 1.29 is 36.9 Å². The summed E-state index contributed by atoms with van der Waals surface area (Å²) in [5.74, 6) is 0.859. The first-order valence-corrected chi connectivity index (χ1v) is 18.1. The predicted molar refractivity (Wildman–Crippen MR) is 175 cm³/mol. The highest BCUT2D eigenvalue weighted by Crippen LogP contribution is 2.49. The lowest BCUT2D eigenvalue weighted by molar-refractivity contribution is -0.178. The van der Waals surface area contributed by atoms with Gasteiger partial charge in [-0.3, -0.25) is 4.79 Å². The monoisotopic (exact) mass is 666 g/mol. The summed E-state index contributed by atoms with van der Waals surface area (Å²) in [6, 6.07) is 16.1. The summed E-state index contributed by atoms with van der Waals surface area (Å²) in [6.45, 7) is 8.92. The number of hydrogen-bond donors (Lipinski definition) is 1. The van der Waals surface area contributed by atoms with Crippen molar-refractivity contribution in [3.63, 3.8) is 0 Å². The molecule has 254 valence electrons. The molecule has 1 aliphatic carbocycles. The fraction of sp³-hybridized carbons (Fsp3) is 0.556. The maximum Gasteiger partial charge on any atom is 0.306 e. The normalized spacial score (nSPS) is 25.1. The fourth-order valence-electron chi connectivity index (χ4n) is 7.19. The zero-order valence-corrected chi connectivity index (χ0v) is 28.3. The van der Waals surface area contributed by atoms with Gasteiger partial charge in [-0.2, -0.15) is 4.31 Å². The van der Waals surface area contributed by atoms with Crippen molar-refractivity contribution in [3.05, 3.63) is 72.2 Å². The van der Waals surface area contributed by atoms with E-state index in [0.29, 0.717) is 31.3 Å². The number of sulfonamides is 1. The lowest BCUT2D eigenvalue weighted by atomic mass is 9.90. The van der Waals surface area contributed by atoms with Gasteiger partial charge in [-0.05, 0) is 48.6 Å². The number of fused-ring (bicyclic) bond motifs is 1. The number of aliphatic hydroxyl groups excluding tert-OH is 1. The maximum atomic E-state index is 14.0. The standard InChI is InChI=1S/C36H46N2O8S/c1-22(2)18-38(47(41,42)28-12-10-25(11-13-28)32-17-37-35(45-32)23(3)4)19-31(39)26(14-24-8-6-5-7-9-24)16-33(40)46-34-27-15-29-30(34)21-44-36(29)43-20-27/h5-13,17,22-23,26-27,29-31,34,36,39H,14-16,18-21H2,1-4H3/t26-,27?,29?,30?,31-,34?,36?/m1/s1. The average Bonchev–Trinajstić information content (AvgIpc) is 3.76. The van der Waals surface area contributed by atoms with E-state index in [1.807, 2.05) is 58.0 Å². The molecule has 47 heavy (non-hydrogen) atoms. The van der Waals surface area contributed by atoms with Gasteiger partial charge in [0.15, 0.2) is 17.9 Å². The van der Waals surface area contributed by atoms with Gasteiger partial charge in [0, 0.05) is 48.2 Å². The van der Waals surface area contributed by atoms with Crippen LogP contribution in [0.2, 0.25) is 0 Å². The molecule has 0 spiro atoms. The second kappa shape index (κ2) is 14.2. The zero-order valence-electron chi connectivity index (χ0n) is 27.5. The van der Waals surface area contributed by atoms with Crippen molar-refractivity contribution in [2.45, 2.75) is 76.3 Å². The van der Waals surface area contributed by atoms with Crippen molar-refractivity contribution in [1.82, 2.24) is 9.29 Å². The highest BCUT2D eigenvalue weighted by Gasteiger charge is 2.56. The number of ether oxygens (including phenoxy) is 3. The first kappa shape index (κ1) is 33.8. The van der Waals surface area contributed by atoms with Gasteiger partial charge in [-0.15, -0.1) is 0 Å². The fourth-order valence-corrected chi connectivity index (χ4v) is 8.81. The number of benzene rings is 2. The molecule has 10 nitrogen and oxygen atoms in total. The van der Waals surface area contributed by atoms with E-state index in [4.69, 9.17) is 18.6 Å². The number of carbonyl (C=O) groups is 1. The third-order valence-electron chi connectivity index (χ3n) is 9.62. The third kappa shape index (κ3) is 7.49. The topological polar surface area (TPSA) is 128 Å². The molecule has 1 N–H and O–H groups in total. The summed E-state index contributed by atoms with van der Waals surface area (Å²) in [7, 11) is -3.98. The van der Waals surface area contributed by atoms with E-state index in [9.17, 15) is 18.3 Å². The summed E-state index contributed by atoms with van der Waals surface area (Å²) in [6.07, 6.45) is 1.31. The van der Waals surface area contributed by atoms with Crippen LogP contribution in [0.25, 0.3) is 11.3 Å². The van der Waals surface area contributed by atoms with Crippen LogP contribution < -0.4 is 0 Å². The molecule has 3 aliphatic rings. The quantitative estimate of drug-likeness (QED) is 0.229. The molecule has 5 unspecified atom stereocenters. The third-order valence-corrected chi connectivity index (χ3v) is 11.5. The van der Waals surface area contributed by atoms with Crippen molar-refractivity contribution >= 4 is 16.0 Å². The minimum Gasteiger partial charge on any atom is -0.462 e. The van der Waals surface area contributed by atoms with Crippen LogP contribution in [0.5, 0.6) is 0 Å². The first-order chi connectivity index (χ1) is 22.5. The molecular weight excluding hydrogens is 620 g/mol. The van der Waals surface area contributed by atoms with Gasteiger partial charge in [-0.1, -0.05) is 58.0 Å². The Hall–Kier alpha value is -3.09. The zero-order chi connectivity index (χ0) is 33.3. The maximum absolute atomic E-state index is 14.0. The minimum absolute atomic E-state index is 0.00108. The van der Waals surface area contributed by atoms with Crippen molar-refractivity contribution in [2.75, 3.05) is 26.3 Å². The van der Waals surface area contributed by atoms with Crippen LogP contribution >= 0.6 is 0 Å². The predicted octanol–water partition coefficient (Wildman–Crippen LogP) is 5.27. The Morgan fingerprint density at radius 2 is 1.72 bits per heavy atom. The van der Waals surface area contributed by atoms with Crippen LogP contribution in [0, 0.1) is 29.6 Å². The molecule has 3 fully saturated rings.